The van der Waals surface area contributed by atoms with Crippen LogP contribution in [0.25, 0.3) is 0 Å². The van der Waals surface area contributed by atoms with E-state index in [0.717, 1.165) is 25.7 Å². The number of hydrogen-bond donors (Lipinski definition) is 13. The van der Waals surface area contributed by atoms with Crippen LogP contribution in [-0.2, 0) is 57.5 Å². The molecule has 25 nitrogen and oxygen atoms in total. The number of carboxylic acids is 1. The van der Waals surface area contributed by atoms with Crippen LogP contribution >= 0.6 is 0 Å². The van der Waals surface area contributed by atoms with Gasteiger partial charge in [0.05, 0.1) is 25.7 Å². The second-order valence-corrected chi connectivity index (χ2v) is 22.7. The van der Waals surface area contributed by atoms with E-state index in [9.17, 15) is 73.2 Å². The average Bonchev–Trinajstić information content (AvgIpc) is 3.34. The molecule has 1 heterocycles. The SMILES string of the molecule is CCCCCCC[C@@H](O)CC(=O)N[C@@H](CC(C)C)C(=O)N[C@H](CCC(=O)O)C(=O)N[C@H]1C(=O)N[C@H](C(C)C)C(=O)N[C@@H](CC(C)C)C(=O)N[C@H](CO)C(=O)N[C@@H](CC(C)C)C(=O)N[C@H](CO)C(=O)N[C@@H](CC(C)C)C(=O)O[C@@H]1C. The lowest BCUT2D eigenvalue weighted by Crippen LogP contribution is -2.63. The molecule has 0 spiro atoms. The second-order valence-electron chi connectivity index (χ2n) is 22.7. The Kier molecular flexibility index (Phi) is 32.7. The van der Waals surface area contributed by atoms with E-state index in [1.54, 1.807) is 69.2 Å². The Morgan fingerprint density at radius 3 is 1.49 bits per heavy atom. The van der Waals surface area contributed by atoms with Gasteiger partial charge in [-0.3, -0.25) is 47.9 Å². The summed E-state index contributed by atoms with van der Waals surface area (Å²) in [6, 6.07) is -14.1. The molecule has 0 aromatic carbocycles. The van der Waals surface area contributed by atoms with Gasteiger partial charge in [-0.15, -0.1) is 0 Å². The summed E-state index contributed by atoms with van der Waals surface area (Å²) in [5.41, 5.74) is 0. The van der Waals surface area contributed by atoms with E-state index in [-0.39, 0.29) is 55.8 Å². The van der Waals surface area contributed by atoms with Gasteiger partial charge in [-0.05, 0) is 75.0 Å². The number of cyclic esters (lactones) is 1. The molecule has 11 atom stereocenters. The Labute approximate surface area is 465 Å². The largest absolute Gasteiger partial charge is 0.481 e. The lowest BCUT2D eigenvalue weighted by Gasteiger charge is -2.32. The molecule has 0 saturated carbocycles. The Hall–Kier alpha value is -5.95. The maximum atomic E-state index is 14.7. The van der Waals surface area contributed by atoms with E-state index in [4.69, 9.17) is 4.74 Å². The van der Waals surface area contributed by atoms with Gasteiger partial charge >= 0.3 is 11.9 Å². The number of aliphatic hydroxyl groups excluding tert-OH is 3. The van der Waals surface area contributed by atoms with Gasteiger partial charge in [0.25, 0.3) is 0 Å². The number of rotatable bonds is 27. The highest BCUT2D eigenvalue weighted by molar-refractivity contribution is 5.99. The summed E-state index contributed by atoms with van der Waals surface area (Å²) in [5.74, 6) is -13.0. The molecule has 0 aliphatic carbocycles. The Bertz CT molecular complexity index is 2020. The van der Waals surface area contributed by atoms with Crippen LogP contribution in [-0.4, -0.2) is 165 Å². The molecular formula is C54H95N9O16. The summed E-state index contributed by atoms with van der Waals surface area (Å²) in [5, 5.41) is 63.5. The number of ether oxygens (including phenoxy) is 1. The van der Waals surface area contributed by atoms with Gasteiger partial charge in [0.2, 0.25) is 53.2 Å². The summed E-state index contributed by atoms with van der Waals surface area (Å²) < 4.78 is 5.80. The lowest BCUT2D eigenvalue weighted by atomic mass is 9.98. The second kappa shape index (κ2) is 36.3. The van der Waals surface area contributed by atoms with Crippen LogP contribution in [0, 0.1) is 29.6 Å². The maximum absolute atomic E-state index is 14.7. The molecule has 0 bridgehead atoms. The van der Waals surface area contributed by atoms with Gasteiger partial charge in [0.1, 0.15) is 60.5 Å². The minimum atomic E-state index is -1.95. The van der Waals surface area contributed by atoms with Crippen molar-refractivity contribution in [2.75, 3.05) is 13.2 Å². The maximum Gasteiger partial charge on any atom is 0.328 e. The zero-order valence-corrected chi connectivity index (χ0v) is 48.5. The van der Waals surface area contributed by atoms with E-state index in [1.807, 2.05) is 0 Å². The summed E-state index contributed by atoms with van der Waals surface area (Å²) in [4.78, 5) is 152. The normalized spacial score (nSPS) is 23.7. The van der Waals surface area contributed by atoms with Crippen molar-refractivity contribution in [3.05, 3.63) is 0 Å². The number of hydrogen-bond acceptors (Lipinski definition) is 15. The highest BCUT2D eigenvalue weighted by Crippen LogP contribution is 2.16. The third kappa shape index (κ3) is 27.2. The molecule has 9 amide bonds. The molecule has 0 unspecified atom stereocenters. The lowest BCUT2D eigenvalue weighted by molar-refractivity contribution is -0.157. The molecule has 1 saturated heterocycles. The molecule has 1 rings (SSSR count). The van der Waals surface area contributed by atoms with Crippen molar-refractivity contribution in [1.29, 1.82) is 0 Å². The molecule has 0 radical (unpaired) electrons. The van der Waals surface area contributed by atoms with E-state index in [0.29, 0.717) is 12.8 Å². The van der Waals surface area contributed by atoms with Gasteiger partial charge in [0, 0.05) is 6.42 Å². The molecule has 452 valence electrons. The number of aliphatic carboxylic acids is 1. The number of unbranched alkanes of at least 4 members (excludes halogenated alkanes) is 4. The number of carbonyl (C=O) groups excluding carboxylic acids is 10. The Morgan fingerprint density at radius 2 is 1.03 bits per heavy atom. The first-order valence-corrected chi connectivity index (χ1v) is 28.0. The van der Waals surface area contributed by atoms with Crippen LogP contribution in [0.4, 0.5) is 0 Å². The van der Waals surface area contributed by atoms with Gasteiger partial charge in [-0.25, -0.2) is 4.79 Å². The highest BCUT2D eigenvalue weighted by Gasteiger charge is 2.40. The van der Waals surface area contributed by atoms with E-state index in [2.05, 4.69) is 54.8 Å². The van der Waals surface area contributed by atoms with Crippen molar-refractivity contribution in [2.45, 2.75) is 233 Å². The first kappa shape index (κ1) is 71.1. The van der Waals surface area contributed by atoms with Crippen LogP contribution in [0.2, 0.25) is 0 Å². The van der Waals surface area contributed by atoms with Crippen molar-refractivity contribution in [3.63, 3.8) is 0 Å². The monoisotopic (exact) mass is 1130 g/mol. The van der Waals surface area contributed by atoms with Gasteiger partial charge < -0.3 is 73.0 Å². The van der Waals surface area contributed by atoms with Gasteiger partial charge in [0.15, 0.2) is 0 Å². The summed E-state index contributed by atoms with van der Waals surface area (Å²) >= 11 is 0. The minimum absolute atomic E-state index is 0.00953. The molecule has 0 aromatic heterocycles. The minimum Gasteiger partial charge on any atom is -0.481 e. The molecule has 1 aliphatic heterocycles. The van der Waals surface area contributed by atoms with E-state index >= 15 is 0 Å². The van der Waals surface area contributed by atoms with Crippen molar-refractivity contribution >= 4 is 65.1 Å². The zero-order chi connectivity index (χ0) is 60.3. The average molecular weight is 1130 g/mol. The Balaban J connectivity index is 3.98. The molecule has 79 heavy (non-hydrogen) atoms. The summed E-state index contributed by atoms with van der Waals surface area (Å²) in [6.07, 6.45) is 0.716. The molecule has 13 N–H and O–H groups in total. The van der Waals surface area contributed by atoms with E-state index in [1.165, 1.54) is 6.92 Å². The first-order chi connectivity index (χ1) is 36.9. The predicted molar refractivity (Wildman–Crippen MR) is 291 cm³/mol. The molecule has 1 fully saturated rings. The van der Waals surface area contributed by atoms with Crippen LogP contribution in [0.15, 0.2) is 0 Å². The van der Waals surface area contributed by atoms with Gasteiger partial charge in [-0.2, -0.15) is 0 Å². The van der Waals surface area contributed by atoms with Crippen molar-refractivity contribution in [3.8, 4) is 0 Å². The number of amides is 9. The van der Waals surface area contributed by atoms with E-state index < -0.39 is 164 Å². The van der Waals surface area contributed by atoms with Crippen molar-refractivity contribution in [2.24, 2.45) is 29.6 Å². The molecule has 25 heteroatoms. The van der Waals surface area contributed by atoms with Crippen LogP contribution in [0.3, 0.4) is 0 Å². The fraction of sp³-hybridized carbons (Fsp3) is 0.796. The molecule has 0 aromatic rings. The third-order valence-electron chi connectivity index (χ3n) is 12.9. The topological polar surface area (TPSA) is 386 Å². The predicted octanol–water partition coefficient (Wildman–Crippen LogP) is 0.0962. The van der Waals surface area contributed by atoms with Crippen LogP contribution in [0.1, 0.15) is 167 Å². The fourth-order valence-corrected chi connectivity index (χ4v) is 8.66. The summed E-state index contributed by atoms with van der Waals surface area (Å²) in [6.45, 7) is 18.4. The third-order valence-corrected chi connectivity index (χ3v) is 12.9. The number of carbonyl (C=O) groups is 11. The number of carboxylic acid groups (broad SMARTS) is 1. The van der Waals surface area contributed by atoms with Crippen molar-refractivity contribution < 1.29 is 77.9 Å². The van der Waals surface area contributed by atoms with Crippen LogP contribution < -0.4 is 47.9 Å². The first-order valence-electron chi connectivity index (χ1n) is 28.0. The van der Waals surface area contributed by atoms with Crippen LogP contribution in [0.5, 0.6) is 0 Å². The smallest absolute Gasteiger partial charge is 0.328 e. The number of esters is 1. The molecule has 1 aliphatic rings. The van der Waals surface area contributed by atoms with Gasteiger partial charge in [-0.1, -0.05) is 108 Å². The zero-order valence-electron chi connectivity index (χ0n) is 48.5. The number of aliphatic hydroxyl groups is 3. The quantitative estimate of drug-likeness (QED) is 0.0383. The Morgan fingerprint density at radius 1 is 0.557 bits per heavy atom. The summed E-state index contributed by atoms with van der Waals surface area (Å²) in [7, 11) is 0. The molecular weight excluding hydrogens is 1030 g/mol. The number of nitrogens with one attached hydrogen (secondary N) is 9. The standard InChI is InChI=1S/C54H95N9O16/c1-13-14-15-16-17-18-34(66)25-42(67)55-36(21-28(2)3)47(71)56-35(19-20-43(68)69)46(70)63-45-33(12)79-54(78)39(24-31(8)9)59-51(75)41(27-65)61-48(72)37(22-29(4)5)57-50(74)40(26-64)60-49(73)38(23-30(6)7)58-52(76)44(32(10)11)62-53(45)77/h28-41,44-45,64-66H,13-27H2,1-12H3,(H,55,67)(H,56,71)(H,57,74)(H,58,76)(H,59,75)(H,60,73)(H,61,72)(H,62,77)(H,63,70)(H,68,69)/t33-,34-,35-,36+,37+,38+,39+,40-,41-,44-,45-/m1/s1. The van der Waals surface area contributed by atoms with Crippen molar-refractivity contribution in [1.82, 2.24) is 47.9 Å². The highest BCUT2D eigenvalue weighted by atomic mass is 16.5. The fourth-order valence-electron chi connectivity index (χ4n) is 8.66.